The molecule has 2 fully saturated rings. The van der Waals surface area contributed by atoms with E-state index in [2.05, 4.69) is 18.7 Å². The quantitative estimate of drug-likeness (QED) is 0.336. The first-order valence-corrected chi connectivity index (χ1v) is 13.2. The molecule has 0 aromatic heterocycles. The first-order chi connectivity index (χ1) is 17.1. The first kappa shape index (κ1) is 28.3. The molecule has 202 valence electrons. The number of benzene rings is 1. The highest BCUT2D eigenvalue weighted by molar-refractivity contribution is 5.89. The largest absolute Gasteiger partial charge is 0.490 e. The molecule has 1 amide bonds. The number of hydrogen-bond acceptors (Lipinski definition) is 7. The molecule has 8 heteroatoms. The predicted molar refractivity (Wildman–Crippen MR) is 138 cm³/mol. The number of amides is 1. The summed E-state index contributed by atoms with van der Waals surface area (Å²) in [5.74, 6) is 1.01. The van der Waals surface area contributed by atoms with Crippen molar-refractivity contribution in [1.29, 1.82) is 0 Å². The van der Waals surface area contributed by atoms with Crippen LogP contribution in [0, 0.1) is 5.92 Å². The zero-order valence-corrected chi connectivity index (χ0v) is 22.8. The third-order valence-corrected chi connectivity index (χ3v) is 6.85. The van der Waals surface area contributed by atoms with Gasteiger partial charge in [0.1, 0.15) is 24.1 Å². The smallest absolute Gasteiger partial charge is 0.410 e. The highest BCUT2D eigenvalue weighted by atomic mass is 16.6. The molecule has 36 heavy (non-hydrogen) atoms. The Bertz CT molecular complexity index is 837. The Kier molecular flexibility index (Phi) is 10.0. The normalized spacial score (nSPS) is 20.8. The van der Waals surface area contributed by atoms with Crippen LogP contribution in [0.1, 0.15) is 70.7 Å². The van der Waals surface area contributed by atoms with E-state index in [1.54, 1.807) is 19.2 Å². The van der Waals surface area contributed by atoms with E-state index < -0.39 is 5.60 Å². The Labute approximate surface area is 216 Å². The van der Waals surface area contributed by atoms with Crippen LogP contribution in [0.15, 0.2) is 24.3 Å². The van der Waals surface area contributed by atoms with Gasteiger partial charge in [0.25, 0.3) is 0 Å². The van der Waals surface area contributed by atoms with Crippen LogP contribution in [0.3, 0.4) is 0 Å². The summed E-state index contributed by atoms with van der Waals surface area (Å²) in [6, 6.07) is 8.12. The van der Waals surface area contributed by atoms with Gasteiger partial charge in [-0.2, -0.15) is 0 Å². The van der Waals surface area contributed by atoms with Crippen LogP contribution in [-0.4, -0.2) is 85.6 Å². The topological polar surface area (TPSA) is 77.5 Å². The van der Waals surface area contributed by atoms with E-state index in [0.717, 1.165) is 51.1 Å². The molecule has 1 heterocycles. The van der Waals surface area contributed by atoms with E-state index in [1.807, 2.05) is 37.8 Å². The van der Waals surface area contributed by atoms with Gasteiger partial charge >= 0.3 is 12.1 Å². The van der Waals surface area contributed by atoms with Gasteiger partial charge < -0.3 is 23.8 Å². The monoisotopic (exact) mass is 504 g/mol. The van der Waals surface area contributed by atoms with Gasteiger partial charge in [-0.15, -0.1) is 0 Å². The molecule has 0 atom stereocenters. The molecular formula is C28H44N2O6. The molecule has 1 aromatic rings. The van der Waals surface area contributed by atoms with E-state index in [-0.39, 0.29) is 24.8 Å². The van der Waals surface area contributed by atoms with E-state index in [9.17, 15) is 9.59 Å². The number of carbonyl (C=O) groups excluding carboxylic acids is 2. The van der Waals surface area contributed by atoms with Crippen molar-refractivity contribution < 1.29 is 28.5 Å². The van der Waals surface area contributed by atoms with Crippen molar-refractivity contribution in [2.24, 2.45) is 5.92 Å². The number of rotatable bonds is 10. The number of piperidine rings is 1. The predicted octanol–water partition coefficient (Wildman–Crippen LogP) is 4.76. The maximum atomic E-state index is 12.4. The van der Waals surface area contributed by atoms with Crippen LogP contribution in [0.4, 0.5) is 4.79 Å². The van der Waals surface area contributed by atoms with Crippen LogP contribution in [-0.2, 0) is 14.2 Å². The number of ether oxygens (including phenoxy) is 4. The lowest BCUT2D eigenvalue weighted by Gasteiger charge is -2.46. The molecule has 1 aliphatic carbocycles. The molecule has 0 unspecified atom stereocenters. The number of nitrogens with zero attached hydrogens (tertiary/aromatic N) is 2. The minimum absolute atomic E-state index is 0.185. The molecule has 3 rings (SSSR count). The third-order valence-electron chi connectivity index (χ3n) is 6.85. The summed E-state index contributed by atoms with van der Waals surface area (Å²) in [6.07, 6.45) is 4.00. The SMILES string of the molecule is COCCOC(=O)c1ccc(O[C@H]2C[C@H](N(CC3CCN(C(=O)OC(C)(C)C)CC3)C(C)C)C2)cc1. The minimum Gasteiger partial charge on any atom is -0.490 e. The summed E-state index contributed by atoms with van der Waals surface area (Å²) in [6.45, 7) is 13.4. The number of carbonyl (C=O) groups is 2. The number of hydrogen-bond donors (Lipinski definition) is 0. The average Bonchev–Trinajstić information content (AvgIpc) is 2.79. The van der Waals surface area contributed by atoms with Gasteiger partial charge in [0, 0.05) is 51.7 Å². The van der Waals surface area contributed by atoms with Crippen molar-refractivity contribution in [3.8, 4) is 5.75 Å². The van der Waals surface area contributed by atoms with Gasteiger partial charge in [-0.05, 0) is 77.6 Å². The standard InChI is InChI=1S/C28H44N2O6/c1-20(2)30(19-21-11-13-29(14-12-21)27(32)36-28(3,4)5)23-17-25(18-23)35-24-9-7-22(8-10-24)26(31)34-16-15-33-6/h7-10,20-21,23,25H,11-19H2,1-6H3/t23-,25-. The fraction of sp³-hybridized carbons (Fsp3) is 0.714. The minimum atomic E-state index is -0.455. The summed E-state index contributed by atoms with van der Waals surface area (Å²) < 4.78 is 21.7. The summed E-state index contributed by atoms with van der Waals surface area (Å²) in [5, 5.41) is 0. The van der Waals surface area contributed by atoms with Crippen LogP contribution in [0.2, 0.25) is 0 Å². The summed E-state index contributed by atoms with van der Waals surface area (Å²) in [4.78, 5) is 28.8. The molecule has 0 spiro atoms. The molecule has 8 nitrogen and oxygen atoms in total. The highest BCUT2D eigenvalue weighted by Crippen LogP contribution is 2.33. The second kappa shape index (κ2) is 12.8. The van der Waals surface area contributed by atoms with Crippen molar-refractivity contribution in [3.63, 3.8) is 0 Å². The zero-order chi connectivity index (χ0) is 26.3. The third kappa shape index (κ3) is 8.37. The molecule has 1 saturated heterocycles. The Hall–Kier alpha value is -2.32. The molecule has 1 aliphatic heterocycles. The maximum absolute atomic E-state index is 12.4. The Morgan fingerprint density at radius 1 is 1.06 bits per heavy atom. The first-order valence-electron chi connectivity index (χ1n) is 13.2. The molecule has 2 aliphatic rings. The average molecular weight is 505 g/mol. The fourth-order valence-corrected chi connectivity index (χ4v) is 4.77. The van der Waals surface area contributed by atoms with Gasteiger partial charge in [0.2, 0.25) is 0 Å². The molecule has 0 N–H and O–H groups in total. The fourth-order valence-electron chi connectivity index (χ4n) is 4.77. The van der Waals surface area contributed by atoms with Crippen LogP contribution < -0.4 is 4.74 Å². The Balaban J connectivity index is 1.41. The van der Waals surface area contributed by atoms with E-state index in [1.165, 1.54) is 0 Å². The highest BCUT2D eigenvalue weighted by Gasteiger charge is 2.38. The van der Waals surface area contributed by atoms with Crippen LogP contribution in [0.5, 0.6) is 5.75 Å². The van der Waals surface area contributed by atoms with Gasteiger partial charge in [-0.1, -0.05) is 0 Å². The van der Waals surface area contributed by atoms with Crippen molar-refractivity contribution in [3.05, 3.63) is 29.8 Å². The molecule has 0 bridgehead atoms. The molecular weight excluding hydrogens is 460 g/mol. The lowest BCUT2D eigenvalue weighted by molar-refractivity contribution is -0.0134. The molecule has 0 radical (unpaired) electrons. The van der Waals surface area contributed by atoms with E-state index in [4.69, 9.17) is 18.9 Å². The lowest BCUT2D eigenvalue weighted by atomic mass is 9.85. The van der Waals surface area contributed by atoms with Crippen molar-refractivity contribution in [1.82, 2.24) is 9.80 Å². The molecule has 1 saturated carbocycles. The number of likely N-dealkylation sites (tertiary alicyclic amines) is 1. The summed E-state index contributed by atoms with van der Waals surface area (Å²) in [7, 11) is 1.57. The second-order valence-electron chi connectivity index (χ2n) is 11.2. The maximum Gasteiger partial charge on any atom is 0.410 e. The van der Waals surface area contributed by atoms with Crippen molar-refractivity contribution in [2.75, 3.05) is 40.0 Å². The Morgan fingerprint density at radius 3 is 2.25 bits per heavy atom. The number of methoxy groups -OCH3 is 1. The van der Waals surface area contributed by atoms with Gasteiger partial charge in [0.15, 0.2) is 0 Å². The molecule has 1 aromatic carbocycles. The lowest BCUT2D eigenvalue weighted by Crippen LogP contribution is -2.54. The zero-order valence-electron chi connectivity index (χ0n) is 22.8. The van der Waals surface area contributed by atoms with E-state index >= 15 is 0 Å². The van der Waals surface area contributed by atoms with Crippen LogP contribution in [0.25, 0.3) is 0 Å². The van der Waals surface area contributed by atoms with Gasteiger partial charge in [-0.3, -0.25) is 4.90 Å². The van der Waals surface area contributed by atoms with Gasteiger partial charge in [-0.25, -0.2) is 9.59 Å². The van der Waals surface area contributed by atoms with Crippen molar-refractivity contribution >= 4 is 12.1 Å². The summed E-state index contributed by atoms with van der Waals surface area (Å²) in [5.41, 5.74) is 0.0528. The number of esters is 1. The van der Waals surface area contributed by atoms with E-state index in [0.29, 0.717) is 30.2 Å². The van der Waals surface area contributed by atoms with Gasteiger partial charge in [0.05, 0.1) is 12.2 Å². The second-order valence-corrected chi connectivity index (χ2v) is 11.2. The summed E-state index contributed by atoms with van der Waals surface area (Å²) >= 11 is 0. The van der Waals surface area contributed by atoms with Crippen molar-refractivity contribution in [2.45, 2.75) is 84.1 Å². The van der Waals surface area contributed by atoms with Crippen LogP contribution >= 0.6 is 0 Å². The Morgan fingerprint density at radius 2 is 1.69 bits per heavy atom.